The molecule has 0 N–H and O–H groups in total. The van der Waals surface area contributed by atoms with Crippen LogP contribution in [0.15, 0.2) is 18.3 Å². The van der Waals surface area contributed by atoms with Crippen molar-refractivity contribution in [2.24, 2.45) is 0 Å². The highest BCUT2D eigenvalue weighted by Crippen LogP contribution is 2.22. The Morgan fingerprint density at radius 3 is 2.69 bits per heavy atom. The fourth-order valence-electron chi connectivity index (χ4n) is 1.93. The van der Waals surface area contributed by atoms with Crippen molar-refractivity contribution >= 4 is 21.4 Å². The molecule has 0 spiro atoms. The Bertz CT molecular complexity index is 500. The molecule has 0 bridgehead atoms. The third kappa shape index (κ3) is 1.88. The van der Waals surface area contributed by atoms with Crippen LogP contribution in [0.1, 0.15) is 43.8 Å². The molecule has 0 aliphatic heterocycles. The second-order valence-corrected chi connectivity index (χ2v) is 4.91. The molecule has 2 rings (SSSR count). The number of pyridine rings is 1. The van der Waals surface area contributed by atoms with E-state index in [2.05, 4.69) is 59.4 Å². The summed E-state index contributed by atoms with van der Waals surface area (Å²) >= 11 is 3.50. The lowest BCUT2D eigenvalue weighted by atomic mass is 10.2. The quantitative estimate of drug-likeness (QED) is 0.779. The number of imidazole rings is 1. The maximum absolute atomic E-state index is 4.70. The number of aromatic nitrogens is 2. The Morgan fingerprint density at radius 1 is 1.38 bits per heavy atom. The summed E-state index contributed by atoms with van der Waals surface area (Å²) in [5.74, 6) is 1.60. The second kappa shape index (κ2) is 4.58. The Hall–Kier alpha value is -0.830. The van der Waals surface area contributed by atoms with Crippen LogP contribution in [0.2, 0.25) is 0 Å². The molecule has 2 aromatic heterocycles. The van der Waals surface area contributed by atoms with Crippen LogP contribution < -0.4 is 0 Å². The van der Waals surface area contributed by atoms with Crippen molar-refractivity contribution in [3.63, 3.8) is 0 Å². The first kappa shape index (κ1) is 11.6. The summed E-state index contributed by atoms with van der Waals surface area (Å²) in [6.07, 6.45) is 3.28. The molecule has 0 fully saturated rings. The minimum atomic E-state index is 0.451. The van der Waals surface area contributed by atoms with Gasteiger partial charge in [0.1, 0.15) is 5.82 Å². The highest BCUT2D eigenvalue weighted by atomic mass is 79.9. The van der Waals surface area contributed by atoms with Crippen LogP contribution >= 0.6 is 15.9 Å². The van der Waals surface area contributed by atoms with Crippen molar-refractivity contribution in [3.05, 3.63) is 35.4 Å². The van der Waals surface area contributed by atoms with E-state index < -0.39 is 0 Å². The van der Waals surface area contributed by atoms with Gasteiger partial charge in [0, 0.05) is 17.4 Å². The zero-order valence-electron chi connectivity index (χ0n) is 10.00. The van der Waals surface area contributed by atoms with Crippen molar-refractivity contribution in [1.82, 2.24) is 9.38 Å². The number of alkyl halides is 1. The number of aryl methyl sites for hydroxylation is 1. The molecule has 2 nitrogen and oxygen atoms in total. The first-order valence-electron chi connectivity index (χ1n) is 5.73. The van der Waals surface area contributed by atoms with E-state index >= 15 is 0 Å². The number of halogens is 1. The van der Waals surface area contributed by atoms with E-state index in [0.29, 0.717) is 5.92 Å². The van der Waals surface area contributed by atoms with Gasteiger partial charge in [-0.05, 0) is 18.1 Å². The largest absolute Gasteiger partial charge is 0.303 e. The molecule has 0 unspecified atom stereocenters. The van der Waals surface area contributed by atoms with Gasteiger partial charge in [-0.2, -0.15) is 0 Å². The molecule has 0 radical (unpaired) electrons. The summed E-state index contributed by atoms with van der Waals surface area (Å²) in [5.41, 5.74) is 3.71. The van der Waals surface area contributed by atoms with Gasteiger partial charge >= 0.3 is 0 Å². The number of nitrogens with zero attached hydrogens (tertiary/aromatic N) is 2. The van der Waals surface area contributed by atoms with Gasteiger partial charge in [-0.15, -0.1) is 0 Å². The maximum atomic E-state index is 4.70. The Kier molecular flexibility index (Phi) is 3.33. The Morgan fingerprint density at radius 2 is 2.12 bits per heavy atom. The molecule has 0 aromatic carbocycles. The van der Waals surface area contributed by atoms with E-state index in [9.17, 15) is 0 Å². The van der Waals surface area contributed by atoms with Gasteiger partial charge in [0.05, 0.1) is 11.2 Å². The van der Waals surface area contributed by atoms with Gasteiger partial charge in [-0.3, -0.25) is 0 Å². The normalized spacial score (nSPS) is 11.6. The first-order valence-corrected chi connectivity index (χ1v) is 6.85. The SMILES string of the molecule is CCc1ccc2c(CBr)nc(C(C)C)n2c1. The molecular weight excluding hydrogens is 264 g/mol. The molecule has 0 saturated carbocycles. The molecule has 0 aliphatic rings. The molecule has 0 amide bonds. The predicted molar refractivity (Wildman–Crippen MR) is 71.3 cm³/mol. The molecule has 2 aromatic rings. The summed E-state index contributed by atoms with van der Waals surface area (Å²) in [7, 11) is 0. The van der Waals surface area contributed by atoms with Crippen LogP contribution in [0.5, 0.6) is 0 Å². The van der Waals surface area contributed by atoms with Crippen molar-refractivity contribution in [2.45, 2.75) is 38.4 Å². The first-order chi connectivity index (χ1) is 7.67. The number of rotatable bonds is 3. The number of fused-ring (bicyclic) bond motifs is 1. The fourth-order valence-corrected chi connectivity index (χ4v) is 2.35. The molecule has 16 heavy (non-hydrogen) atoms. The molecule has 2 heterocycles. The van der Waals surface area contributed by atoms with Crippen LogP contribution in [-0.4, -0.2) is 9.38 Å². The van der Waals surface area contributed by atoms with E-state index in [4.69, 9.17) is 4.98 Å². The lowest BCUT2D eigenvalue weighted by molar-refractivity contribution is 0.766. The lowest BCUT2D eigenvalue weighted by Gasteiger charge is -2.05. The third-order valence-corrected chi connectivity index (χ3v) is 3.38. The van der Waals surface area contributed by atoms with Crippen molar-refractivity contribution in [3.8, 4) is 0 Å². The molecule has 0 saturated heterocycles. The lowest BCUT2D eigenvalue weighted by Crippen LogP contribution is -1.97. The average Bonchev–Trinajstić information content (AvgIpc) is 2.66. The molecular formula is C13H17BrN2. The summed E-state index contributed by atoms with van der Waals surface area (Å²) in [6, 6.07) is 4.36. The molecule has 3 heteroatoms. The highest BCUT2D eigenvalue weighted by molar-refractivity contribution is 9.08. The van der Waals surface area contributed by atoms with E-state index in [0.717, 1.165) is 23.3 Å². The predicted octanol–water partition coefficient (Wildman–Crippen LogP) is 3.92. The second-order valence-electron chi connectivity index (χ2n) is 4.35. The van der Waals surface area contributed by atoms with Gasteiger partial charge in [-0.25, -0.2) is 4.98 Å². The summed E-state index contributed by atoms with van der Waals surface area (Å²) in [5, 5.41) is 0.814. The standard InChI is InChI=1S/C13H17BrN2/c1-4-10-5-6-12-11(7-14)15-13(9(2)3)16(12)8-10/h5-6,8-9H,4,7H2,1-3H3. The maximum Gasteiger partial charge on any atom is 0.116 e. The smallest absolute Gasteiger partial charge is 0.116 e. The van der Waals surface area contributed by atoms with E-state index in [-0.39, 0.29) is 0 Å². The van der Waals surface area contributed by atoms with E-state index in [1.807, 2.05) is 0 Å². The van der Waals surface area contributed by atoms with E-state index in [1.165, 1.54) is 11.1 Å². The molecule has 86 valence electrons. The Balaban J connectivity index is 2.70. The number of hydrogen-bond acceptors (Lipinski definition) is 1. The van der Waals surface area contributed by atoms with Crippen LogP contribution in [-0.2, 0) is 11.8 Å². The summed E-state index contributed by atoms with van der Waals surface area (Å²) in [6.45, 7) is 6.55. The fraction of sp³-hybridized carbons (Fsp3) is 0.462. The van der Waals surface area contributed by atoms with Crippen molar-refractivity contribution < 1.29 is 0 Å². The van der Waals surface area contributed by atoms with Crippen LogP contribution in [0.3, 0.4) is 0 Å². The van der Waals surface area contributed by atoms with Gasteiger partial charge < -0.3 is 4.40 Å². The Labute approximate surface area is 105 Å². The zero-order valence-corrected chi connectivity index (χ0v) is 11.6. The van der Waals surface area contributed by atoms with Crippen LogP contribution in [0, 0.1) is 0 Å². The van der Waals surface area contributed by atoms with Gasteiger partial charge in [-0.1, -0.05) is 42.8 Å². The highest BCUT2D eigenvalue weighted by Gasteiger charge is 2.12. The van der Waals surface area contributed by atoms with Gasteiger partial charge in [0.2, 0.25) is 0 Å². The molecule has 0 atom stereocenters. The minimum Gasteiger partial charge on any atom is -0.303 e. The van der Waals surface area contributed by atoms with Gasteiger partial charge in [0.25, 0.3) is 0 Å². The summed E-state index contributed by atoms with van der Waals surface area (Å²) < 4.78 is 2.24. The topological polar surface area (TPSA) is 17.3 Å². The monoisotopic (exact) mass is 280 g/mol. The van der Waals surface area contributed by atoms with Crippen molar-refractivity contribution in [2.75, 3.05) is 0 Å². The van der Waals surface area contributed by atoms with Gasteiger partial charge in [0.15, 0.2) is 0 Å². The summed E-state index contributed by atoms with van der Waals surface area (Å²) in [4.78, 5) is 4.70. The average molecular weight is 281 g/mol. The van der Waals surface area contributed by atoms with Crippen LogP contribution in [0.25, 0.3) is 5.52 Å². The molecule has 0 aliphatic carbocycles. The van der Waals surface area contributed by atoms with E-state index in [1.54, 1.807) is 0 Å². The van der Waals surface area contributed by atoms with Crippen molar-refractivity contribution in [1.29, 1.82) is 0 Å². The third-order valence-electron chi connectivity index (χ3n) is 2.85. The zero-order chi connectivity index (χ0) is 11.7. The number of hydrogen-bond donors (Lipinski definition) is 0. The van der Waals surface area contributed by atoms with Crippen LogP contribution in [0.4, 0.5) is 0 Å². The minimum absolute atomic E-state index is 0.451.